The number of Topliss-reactive ketones (excluding diaryl/α,β-unsaturated/α-hetero) is 1. The summed E-state index contributed by atoms with van der Waals surface area (Å²) in [5.41, 5.74) is 3.60. The summed E-state index contributed by atoms with van der Waals surface area (Å²) < 4.78 is 0. The molecule has 0 aromatic heterocycles. The molecular formula is C16H8N2O. The highest BCUT2D eigenvalue weighted by Crippen LogP contribution is 2.43. The molecule has 0 saturated carbocycles. The fourth-order valence-electron chi connectivity index (χ4n) is 2.65. The number of hydrogen-bond donors (Lipinski definition) is 0. The summed E-state index contributed by atoms with van der Waals surface area (Å²) in [5, 5.41) is 18.5. The lowest BCUT2D eigenvalue weighted by Gasteiger charge is -2.16. The third-order valence-corrected chi connectivity index (χ3v) is 3.53. The van der Waals surface area contributed by atoms with Crippen molar-refractivity contribution in [3.05, 3.63) is 64.3 Å². The van der Waals surface area contributed by atoms with Crippen molar-refractivity contribution in [2.24, 2.45) is 0 Å². The highest BCUT2D eigenvalue weighted by molar-refractivity contribution is 6.22. The quantitative estimate of drug-likeness (QED) is 0.658. The molecule has 1 aromatic rings. The van der Waals surface area contributed by atoms with Gasteiger partial charge in [-0.25, -0.2) is 0 Å². The van der Waals surface area contributed by atoms with E-state index in [0.717, 1.165) is 11.1 Å². The summed E-state index contributed by atoms with van der Waals surface area (Å²) in [5.74, 6) is -0.221. The number of ketones is 1. The van der Waals surface area contributed by atoms with E-state index in [-0.39, 0.29) is 22.5 Å². The van der Waals surface area contributed by atoms with Crippen molar-refractivity contribution in [2.45, 2.75) is 6.42 Å². The summed E-state index contributed by atoms with van der Waals surface area (Å²) in [4.78, 5) is 12.3. The van der Waals surface area contributed by atoms with Gasteiger partial charge in [-0.2, -0.15) is 10.5 Å². The number of hydrogen-bond acceptors (Lipinski definition) is 3. The normalized spacial score (nSPS) is 16.9. The van der Waals surface area contributed by atoms with Crippen LogP contribution in [0.3, 0.4) is 0 Å². The zero-order valence-corrected chi connectivity index (χ0v) is 10.0. The molecular weight excluding hydrogens is 236 g/mol. The Labute approximate surface area is 110 Å². The number of fused-ring (bicyclic) bond motifs is 2. The SMILES string of the molecule is C=C1C(=O)C2=C(C(C#N)=C1C#N)c1ccccc1C2. The molecule has 0 aliphatic heterocycles. The Kier molecular flexibility index (Phi) is 2.24. The Morgan fingerprint density at radius 1 is 1.11 bits per heavy atom. The predicted octanol–water partition coefficient (Wildman–Crippen LogP) is 2.48. The van der Waals surface area contributed by atoms with Gasteiger partial charge in [0.2, 0.25) is 0 Å². The van der Waals surface area contributed by atoms with Crippen molar-refractivity contribution < 1.29 is 4.79 Å². The van der Waals surface area contributed by atoms with E-state index in [1.54, 1.807) is 0 Å². The molecule has 0 saturated heterocycles. The molecule has 0 atom stereocenters. The van der Waals surface area contributed by atoms with Crippen LogP contribution in [0.2, 0.25) is 0 Å². The molecule has 88 valence electrons. The lowest BCUT2D eigenvalue weighted by atomic mass is 9.83. The maximum atomic E-state index is 12.3. The molecule has 0 radical (unpaired) electrons. The first-order valence-corrected chi connectivity index (χ1v) is 5.79. The van der Waals surface area contributed by atoms with Crippen LogP contribution in [-0.2, 0) is 11.2 Å². The second-order valence-corrected chi connectivity index (χ2v) is 4.47. The molecule has 3 rings (SSSR count). The molecule has 3 heteroatoms. The Hall–Kier alpha value is -2.91. The van der Waals surface area contributed by atoms with Gasteiger partial charge in [-0.3, -0.25) is 4.79 Å². The van der Waals surface area contributed by atoms with Gasteiger partial charge in [-0.05, 0) is 11.1 Å². The second-order valence-electron chi connectivity index (χ2n) is 4.47. The smallest absolute Gasteiger partial charge is 0.190 e. The molecule has 2 aliphatic rings. The molecule has 0 fully saturated rings. The molecule has 0 spiro atoms. The molecule has 0 amide bonds. The van der Waals surface area contributed by atoms with Crippen molar-refractivity contribution in [1.29, 1.82) is 10.5 Å². The van der Waals surface area contributed by atoms with Gasteiger partial charge in [0.05, 0.1) is 11.1 Å². The van der Waals surface area contributed by atoms with E-state index in [4.69, 9.17) is 5.26 Å². The van der Waals surface area contributed by atoms with Gasteiger partial charge in [0.25, 0.3) is 0 Å². The van der Waals surface area contributed by atoms with Gasteiger partial charge >= 0.3 is 0 Å². The van der Waals surface area contributed by atoms with Crippen LogP contribution in [0.15, 0.2) is 53.1 Å². The minimum atomic E-state index is -0.221. The fraction of sp³-hybridized carbons (Fsp3) is 0.0625. The lowest BCUT2D eigenvalue weighted by molar-refractivity contribution is -0.112. The summed E-state index contributed by atoms with van der Waals surface area (Å²) in [7, 11) is 0. The number of allylic oxidation sites excluding steroid dienone is 5. The minimum Gasteiger partial charge on any atom is -0.289 e. The number of rotatable bonds is 0. The molecule has 19 heavy (non-hydrogen) atoms. The maximum absolute atomic E-state index is 12.3. The van der Waals surface area contributed by atoms with Gasteiger partial charge in [-0.1, -0.05) is 30.8 Å². The van der Waals surface area contributed by atoms with Gasteiger partial charge in [0, 0.05) is 23.1 Å². The van der Waals surface area contributed by atoms with Crippen LogP contribution in [0.25, 0.3) is 5.57 Å². The second kappa shape index (κ2) is 3.80. The highest BCUT2D eigenvalue weighted by atomic mass is 16.1. The Bertz CT molecular complexity index is 795. The van der Waals surface area contributed by atoms with E-state index in [0.29, 0.717) is 17.6 Å². The number of carbonyl (C=O) groups excluding carboxylic acids is 1. The molecule has 3 nitrogen and oxygen atoms in total. The van der Waals surface area contributed by atoms with Crippen molar-refractivity contribution >= 4 is 11.4 Å². The molecule has 0 heterocycles. The van der Waals surface area contributed by atoms with Crippen molar-refractivity contribution in [3.63, 3.8) is 0 Å². The Morgan fingerprint density at radius 2 is 1.79 bits per heavy atom. The summed E-state index contributed by atoms with van der Waals surface area (Å²) in [6.45, 7) is 3.65. The first kappa shape index (κ1) is 11.2. The van der Waals surface area contributed by atoms with Crippen LogP contribution in [0.1, 0.15) is 11.1 Å². The summed E-state index contributed by atoms with van der Waals surface area (Å²) in [6.07, 6.45) is 0.507. The highest BCUT2D eigenvalue weighted by Gasteiger charge is 2.36. The van der Waals surface area contributed by atoms with Gasteiger partial charge in [0.15, 0.2) is 5.78 Å². The molecule has 2 aliphatic carbocycles. The lowest BCUT2D eigenvalue weighted by Crippen LogP contribution is -2.14. The molecule has 1 aromatic carbocycles. The third kappa shape index (κ3) is 1.33. The standard InChI is InChI=1S/C16H8N2O/c1-9-13(7-17)14(8-18)15-11-5-3-2-4-10(11)6-12(15)16(9)19/h2-5H,1,6H2. The van der Waals surface area contributed by atoms with Crippen LogP contribution in [0, 0.1) is 22.7 Å². The average molecular weight is 244 g/mol. The zero-order valence-electron chi connectivity index (χ0n) is 10.0. The first-order chi connectivity index (χ1) is 9.19. The number of benzene rings is 1. The van der Waals surface area contributed by atoms with Crippen LogP contribution in [0.5, 0.6) is 0 Å². The molecule has 0 unspecified atom stereocenters. The fourth-order valence-corrected chi connectivity index (χ4v) is 2.65. The molecule has 0 N–H and O–H groups in total. The minimum absolute atomic E-state index is 0.1000. The largest absolute Gasteiger partial charge is 0.289 e. The van der Waals surface area contributed by atoms with E-state index in [2.05, 4.69) is 12.6 Å². The monoisotopic (exact) mass is 244 g/mol. The average Bonchev–Trinajstić information content (AvgIpc) is 2.82. The van der Waals surface area contributed by atoms with Crippen LogP contribution >= 0.6 is 0 Å². The van der Waals surface area contributed by atoms with Crippen molar-refractivity contribution in [2.75, 3.05) is 0 Å². The van der Waals surface area contributed by atoms with Crippen LogP contribution in [-0.4, -0.2) is 5.78 Å². The van der Waals surface area contributed by atoms with Crippen molar-refractivity contribution in [1.82, 2.24) is 0 Å². The van der Waals surface area contributed by atoms with E-state index in [1.165, 1.54) is 0 Å². The first-order valence-electron chi connectivity index (χ1n) is 5.79. The number of carbonyl (C=O) groups is 1. The van der Waals surface area contributed by atoms with Crippen LogP contribution < -0.4 is 0 Å². The van der Waals surface area contributed by atoms with Gasteiger partial charge < -0.3 is 0 Å². The van der Waals surface area contributed by atoms with Crippen LogP contribution in [0.4, 0.5) is 0 Å². The zero-order chi connectivity index (χ0) is 13.6. The maximum Gasteiger partial charge on any atom is 0.190 e. The summed E-state index contributed by atoms with van der Waals surface area (Å²) >= 11 is 0. The number of nitriles is 2. The van der Waals surface area contributed by atoms with E-state index < -0.39 is 0 Å². The summed E-state index contributed by atoms with van der Waals surface area (Å²) in [6, 6.07) is 11.6. The van der Waals surface area contributed by atoms with E-state index in [1.807, 2.05) is 30.3 Å². The van der Waals surface area contributed by atoms with E-state index >= 15 is 0 Å². The van der Waals surface area contributed by atoms with E-state index in [9.17, 15) is 10.1 Å². The third-order valence-electron chi connectivity index (χ3n) is 3.53. The Balaban J connectivity index is 2.36. The van der Waals surface area contributed by atoms with Gasteiger partial charge in [-0.15, -0.1) is 0 Å². The Morgan fingerprint density at radius 3 is 2.47 bits per heavy atom. The molecule has 0 bridgehead atoms. The topological polar surface area (TPSA) is 64.7 Å². The predicted molar refractivity (Wildman–Crippen MR) is 69.5 cm³/mol. The van der Waals surface area contributed by atoms with Gasteiger partial charge in [0.1, 0.15) is 12.1 Å². The van der Waals surface area contributed by atoms with Crippen molar-refractivity contribution in [3.8, 4) is 12.1 Å². The number of nitrogens with zero attached hydrogens (tertiary/aromatic N) is 2.